The Kier molecular flexibility index (Phi) is 6.10. The van der Waals surface area contributed by atoms with Crippen molar-refractivity contribution in [1.82, 2.24) is 5.43 Å². The molecule has 0 spiro atoms. The van der Waals surface area contributed by atoms with Crippen LogP contribution in [0.1, 0.15) is 11.1 Å². The molecule has 0 atom stereocenters. The van der Waals surface area contributed by atoms with E-state index in [0.29, 0.717) is 5.75 Å². The topological polar surface area (TPSA) is 123 Å². The van der Waals surface area contributed by atoms with Crippen LogP contribution in [0.5, 0.6) is 17.2 Å². The Bertz CT molecular complexity index is 833. The van der Waals surface area contributed by atoms with Gasteiger partial charge in [0.15, 0.2) is 0 Å². The summed E-state index contributed by atoms with van der Waals surface area (Å²) in [5.41, 5.74) is 2.59. The van der Waals surface area contributed by atoms with Crippen LogP contribution in [0.15, 0.2) is 41.5 Å². The zero-order valence-electron chi connectivity index (χ0n) is 14.1. The number of nitrogens with zero attached hydrogens (tertiary/aromatic N) is 2. The zero-order valence-corrected chi connectivity index (χ0v) is 14.1. The molecule has 0 aliphatic carbocycles. The number of ether oxygens (including phenoxy) is 2. The number of methoxy groups -OCH3 is 2. The van der Waals surface area contributed by atoms with Crippen LogP contribution in [0, 0.1) is 10.1 Å². The van der Waals surface area contributed by atoms with E-state index in [1.807, 2.05) is 0 Å². The van der Waals surface area contributed by atoms with Crippen molar-refractivity contribution in [2.75, 3.05) is 14.2 Å². The van der Waals surface area contributed by atoms with E-state index in [4.69, 9.17) is 9.47 Å². The SMILES string of the molecule is COc1ccc(CC(=O)N/N=C\c2cc(OC)cc([N+](=O)[O-])c2O)cc1. The predicted molar refractivity (Wildman–Crippen MR) is 93.7 cm³/mol. The lowest BCUT2D eigenvalue weighted by Crippen LogP contribution is -2.19. The van der Waals surface area contributed by atoms with Gasteiger partial charge < -0.3 is 14.6 Å². The molecule has 0 aliphatic heterocycles. The van der Waals surface area contributed by atoms with Gasteiger partial charge in [-0.3, -0.25) is 14.9 Å². The number of phenols is 1. The molecule has 0 saturated heterocycles. The molecule has 2 rings (SSSR count). The molecule has 2 N–H and O–H groups in total. The van der Waals surface area contributed by atoms with Gasteiger partial charge in [-0.05, 0) is 23.8 Å². The maximum atomic E-state index is 11.9. The number of hydrogen-bond acceptors (Lipinski definition) is 7. The van der Waals surface area contributed by atoms with Crippen molar-refractivity contribution >= 4 is 17.8 Å². The summed E-state index contributed by atoms with van der Waals surface area (Å²) in [5.74, 6) is -0.0879. The monoisotopic (exact) mass is 359 g/mol. The smallest absolute Gasteiger partial charge is 0.315 e. The van der Waals surface area contributed by atoms with E-state index in [1.54, 1.807) is 31.4 Å². The molecule has 0 radical (unpaired) electrons. The third-order valence-electron chi connectivity index (χ3n) is 3.44. The van der Waals surface area contributed by atoms with Crippen LogP contribution in [0.2, 0.25) is 0 Å². The van der Waals surface area contributed by atoms with Crippen LogP contribution in [-0.4, -0.2) is 36.4 Å². The van der Waals surface area contributed by atoms with Gasteiger partial charge in [0, 0.05) is 5.56 Å². The molecule has 0 aliphatic rings. The van der Waals surface area contributed by atoms with Gasteiger partial charge in [0.1, 0.15) is 11.5 Å². The first-order chi connectivity index (χ1) is 12.4. The van der Waals surface area contributed by atoms with Crippen molar-refractivity contribution in [3.05, 3.63) is 57.6 Å². The largest absolute Gasteiger partial charge is 0.502 e. The molecule has 0 bridgehead atoms. The molecule has 2 aromatic rings. The molecule has 2 aromatic carbocycles. The maximum Gasteiger partial charge on any atom is 0.315 e. The number of rotatable bonds is 7. The lowest BCUT2D eigenvalue weighted by atomic mass is 10.1. The minimum atomic E-state index is -0.739. The highest BCUT2D eigenvalue weighted by Crippen LogP contribution is 2.33. The van der Waals surface area contributed by atoms with E-state index in [2.05, 4.69) is 10.5 Å². The summed E-state index contributed by atoms with van der Waals surface area (Å²) in [6, 6.07) is 9.42. The number of aromatic hydroxyl groups is 1. The van der Waals surface area contributed by atoms with Crippen LogP contribution in [-0.2, 0) is 11.2 Å². The first-order valence-electron chi connectivity index (χ1n) is 7.44. The third-order valence-corrected chi connectivity index (χ3v) is 3.44. The van der Waals surface area contributed by atoms with Gasteiger partial charge in [-0.1, -0.05) is 12.1 Å². The van der Waals surface area contributed by atoms with E-state index >= 15 is 0 Å². The molecule has 1 amide bonds. The summed E-state index contributed by atoms with van der Waals surface area (Å²) in [4.78, 5) is 22.1. The van der Waals surface area contributed by atoms with Crippen LogP contribution in [0.3, 0.4) is 0 Å². The van der Waals surface area contributed by atoms with E-state index in [9.17, 15) is 20.0 Å². The summed E-state index contributed by atoms with van der Waals surface area (Å²) >= 11 is 0. The lowest BCUT2D eigenvalue weighted by molar-refractivity contribution is -0.385. The van der Waals surface area contributed by atoms with Crippen molar-refractivity contribution in [3.63, 3.8) is 0 Å². The molecule has 26 heavy (non-hydrogen) atoms. The van der Waals surface area contributed by atoms with E-state index in [-0.39, 0.29) is 23.6 Å². The highest BCUT2D eigenvalue weighted by molar-refractivity contribution is 5.88. The van der Waals surface area contributed by atoms with Crippen molar-refractivity contribution in [1.29, 1.82) is 0 Å². The molecule has 0 fully saturated rings. The second-order valence-corrected chi connectivity index (χ2v) is 5.16. The molecule has 136 valence electrons. The normalized spacial score (nSPS) is 10.5. The van der Waals surface area contributed by atoms with Gasteiger partial charge in [0.25, 0.3) is 0 Å². The number of nitrogens with one attached hydrogen (secondary N) is 1. The molecule has 0 heterocycles. The first-order valence-corrected chi connectivity index (χ1v) is 7.44. The Balaban J connectivity index is 2.06. The first kappa shape index (κ1) is 18.7. The van der Waals surface area contributed by atoms with Gasteiger partial charge >= 0.3 is 5.69 Å². The van der Waals surface area contributed by atoms with E-state index in [1.165, 1.54) is 13.2 Å². The number of carbonyl (C=O) groups is 1. The van der Waals surface area contributed by atoms with Crippen LogP contribution in [0.25, 0.3) is 0 Å². The van der Waals surface area contributed by atoms with Gasteiger partial charge in [-0.25, -0.2) is 5.43 Å². The number of hydrogen-bond donors (Lipinski definition) is 2. The Morgan fingerprint density at radius 2 is 1.88 bits per heavy atom. The molecule has 0 aromatic heterocycles. The highest BCUT2D eigenvalue weighted by Gasteiger charge is 2.18. The second-order valence-electron chi connectivity index (χ2n) is 5.16. The predicted octanol–water partition coefficient (Wildman–Crippen LogP) is 2.01. The van der Waals surface area contributed by atoms with Gasteiger partial charge in [0.05, 0.1) is 37.8 Å². The number of hydrazone groups is 1. The quantitative estimate of drug-likeness (QED) is 0.443. The van der Waals surface area contributed by atoms with Gasteiger partial charge in [0.2, 0.25) is 11.7 Å². The Morgan fingerprint density at radius 1 is 1.23 bits per heavy atom. The van der Waals surface area contributed by atoms with Crippen molar-refractivity contribution in [2.45, 2.75) is 6.42 Å². The average Bonchev–Trinajstić information content (AvgIpc) is 2.63. The van der Waals surface area contributed by atoms with E-state index in [0.717, 1.165) is 17.8 Å². The number of carbonyl (C=O) groups excluding carboxylic acids is 1. The fraction of sp³-hybridized carbons (Fsp3) is 0.176. The molecular formula is C17H17N3O6. The van der Waals surface area contributed by atoms with Crippen LogP contribution < -0.4 is 14.9 Å². The second kappa shape index (κ2) is 8.47. The molecule has 0 saturated carbocycles. The Labute approximate surface area is 149 Å². The van der Waals surface area contributed by atoms with Crippen LogP contribution >= 0.6 is 0 Å². The number of nitro benzene ring substituents is 1. The number of nitro groups is 1. The molecule has 9 heteroatoms. The molecule has 9 nitrogen and oxygen atoms in total. The van der Waals surface area contributed by atoms with Gasteiger partial charge in [-0.15, -0.1) is 0 Å². The highest BCUT2D eigenvalue weighted by atomic mass is 16.6. The summed E-state index contributed by atoms with van der Waals surface area (Å²) in [7, 11) is 2.89. The van der Waals surface area contributed by atoms with Crippen molar-refractivity contribution in [2.24, 2.45) is 5.10 Å². The van der Waals surface area contributed by atoms with Crippen LogP contribution in [0.4, 0.5) is 5.69 Å². The van der Waals surface area contributed by atoms with E-state index < -0.39 is 16.4 Å². The molecular weight excluding hydrogens is 342 g/mol. The fourth-order valence-electron chi connectivity index (χ4n) is 2.11. The maximum absolute atomic E-state index is 11.9. The average molecular weight is 359 g/mol. The Morgan fingerprint density at radius 3 is 2.46 bits per heavy atom. The summed E-state index contributed by atoms with van der Waals surface area (Å²) in [6.07, 6.45) is 1.20. The summed E-state index contributed by atoms with van der Waals surface area (Å²) in [6.45, 7) is 0. The third kappa shape index (κ3) is 4.69. The fourth-order valence-corrected chi connectivity index (χ4v) is 2.11. The minimum Gasteiger partial charge on any atom is -0.502 e. The standard InChI is InChI=1S/C17H17N3O6/c1-25-13-5-3-11(4-6-13)7-16(21)19-18-10-12-8-14(26-2)9-15(17(12)22)20(23)24/h3-6,8-10,22H,7H2,1-2H3,(H,19,21)/b18-10-. The number of benzene rings is 2. The number of amides is 1. The summed E-state index contributed by atoms with van der Waals surface area (Å²) in [5, 5.41) is 24.6. The number of phenolic OH excluding ortho intramolecular Hbond substituents is 1. The van der Waals surface area contributed by atoms with Crippen molar-refractivity contribution in [3.8, 4) is 17.2 Å². The Hall–Kier alpha value is -3.62. The zero-order chi connectivity index (χ0) is 19.1. The minimum absolute atomic E-state index is 0.0424. The van der Waals surface area contributed by atoms with Crippen molar-refractivity contribution < 1.29 is 24.3 Å². The summed E-state index contributed by atoms with van der Waals surface area (Å²) < 4.78 is 9.99. The van der Waals surface area contributed by atoms with Gasteiger partial charge in [-0.2, -0.15) is 5.10 Å². The lowest BCUT2D eigenvalue weighted by Gasteiger charge is -2.05. The molecule has 0 unspecified atom stereocenters.